The fourth-order valence-corrected chi connectivity index (χ4v) is 5.33. The van der Waals surface area contributed by atoms with Gasteiger partial charge in [-0.1, -0.05) is 19.3 Å². The van der Waals surface area contributed by atoms with Crippen LogP contribution in [0.3, 0.4) is 0 Å². The van der Waals surface area contributed by atoms with Crippen molar-refractivity contribution in [1.29, 1.82) is 0 Å². The van der Waals surface area contributed by atoms with Gasteiger partial charge in [-0.3, -0.25) is 4.79 Å². The summed E-state index contributed by atoms with van der Waals surface area (Å²) in [7, 11) is 3.84. The smallest absolute Gasteiger partial charge is 0.277 e. The van der Waals surface area contributed by atoms with E-state index in [1.165, 1.54) is 19.3 Å². The van der Waals surface area contributed by atoms with Gasteiger partial charge in [0.05, 0.1) is 18.4 Å². The number of fused-ring (bicyclic) bond motifs is 1. The minimum absolute atomic E-state index is 0.136. The number of hydrogen-bond donors (Lipinski definition) is 1. The van der Waals surface area contributed by atoms with Gasteiger partial charge in [-0.2, -0.15) is 0 Å². The number of ether oxygens (including phenoxy) is 1. The van der Waals surface area contributed by atoms with Crippen LogP contribution in [0.25, 0.3) is 16.9 Å². The number of aromatic amines is 1. The minimum atomic E-state index is -0.136. The molecule has 0 amide bonds. The van der Waals surface area contributed by atoms with E-state index in [1.54, 1.807) is 11.6 Å². The molecule has 0 radical (unpaired) electrons. The highest BCUT2D eigenvalue weighted by molar-refractivity contribution is 5.69. The van der Waals surface area contributed by atoms with Crippen molar-refractivity contribution in [2.24, 2.45) is 0 Å². The van der Waals surface area contributed by atoms with Gasteiger partial charge in [0, 0.05) is 37.3 Å². The molecular weight excluding hydrogens is 416 g/mol. The maximum atomic E-state index is 13.2. The van der Waals surface area contributed by atoms with Gasteiger partial charge in [-0.05, 0) is 51.9 Å². The Morgan fingerprint density at radius 2 is 1.88 bits per heavy atom. The predicted octanol–water partition coefficient (Wildman–Crippen LogP) is 3.59. The number of benzene rings is 1. The Labute approximate surface area is 194 Å². The number of likely N-dealkylation sites (N-methyl/N-ethyl adjacent to an activating group) is 1. The van der Waals surface area contributed by atoms with Crippen LogP contribution in [0.15, 0.2) is 23.0 Å². The van der Waals surface area contributed by atoms with Crippen molar-refractivity contribution in [1.82, 2.24) is 24.5 Å². The number of hydrogen-bond acceptors (Lipinski definition) is 6. The molecule has 3 heterocycles. The third-order valence-electron chi connectivity index (χ3n) is 7.21. The quantitative estimate of drug-likeness (QED) is 0.655. The summed E-state index contributed by atoms with van der Waals surface area (Å²) in [6.45, 7) is 6.08. The Balaban J connectivity index is 1.52. The molecule has 3 aromatic rings. The number of aryl methyl sites for hydroxylation is 1. The van der Waals surface area contributed by atoms with E-state index >= 15 is 0 Å². The van der Waals surface area contributed by atoms with Gasteiger partial charge in [0.2, 0.25) is 0 Å². The van der Waals surface area contributed by atoms with Crippen LogP contribution in [0, 0.1) is 6.92 Å². The molecule has 1 saturated heterocycles. The number of methoxy groups -OCH3 is 1. The Bertz CT molecular complexity index is 1190. The third-order valence-corrected chi connectivity index (χ3v) is 7.21. The maximum absolute atomic E-state index is 13.2. The number of H-pyrrole nitrogens is 1. The zero-order valence-electron chi connectivity index (χ0n) is 19.9. The van der Waals surface area contributed by atoms with Crippen molar-refractivity contribution in [3.8, 4) is 17.1 Å². The van der Waals surface area contributed by atoms with Crippen molar-refractivity contribution >= 4 is 11.2 Å². The van der Waals surface area contributed by atoms with E-state index in [4.69, 9.17) is 14.8 Å². The number of nitrogens with zero attached hydrogens (tertiary/aromatic N) is 5. The van der Waals surface area contributed by atoms with E-state index < -0.39 is 0 Å². The second kappa shape index (κ2) is 9.17. The molecule has 0 spiro atoms. The molecule has 176 valence electrons. The first-order valence-electron chi connectivity index (χ1n) is 12.2. The lowest BCUT2D eigenvalue weighted by molar-refractivity contribution is 0.360. The lowest BCUT2D eigenvalue weighted by Gasteiger charge is -2.24. The second-order valence-electron chi connectivity index (χ2n) is 9.47. The highest BCUT2D eigenvalue weighted by Crippen LogP contribution is 2.35. The molecule has 1 aliphatic heterocycles. The van der Waals surface area contributed by atoms with E-state index in [1.807, 2.05) is 13.0 Å². The molecule has 2 aliphatic rings. The summed E-state index contributed by atoms with van der Waals surface area (Å²) in [5.74, 6) is 2.31. The van der Waals surface area contributed by atoms with Gasteiger partial charge >= 0.3 is 0 Å². The lowest BCUT2D eigenvalue weighted by Crippen LogP contribution is -2.28. The Hall–Kier alpha value is -2.87. The number of anilines is 1. The van der Waals surface area contributed by atoms with Gasteiger partial charge in [-0.15, -0.1) is 5.10 Å². The van der Waals surface area contributed by atoms with Gasteiger partial charge in [0.1, 0.15) is 11.6 Å². The molecular formula is C25H34N6O2. The van der Waals surface area contributed by atoms with E-state index in [0.717, 1.165) is 68.2 Å². The summed E-state index contributed by atoms with van der Waals surface area (Å²) in [4.78, 5) is 25.8. The maximum Gasteiger partial charge on any atom is 0.277 e. The van der Waals surface area contributed by atoms with Crippen LogP contribution in [0.2, 0.25) is 0 Å². The fraction of sp³-hybridized carbons (Fsp3) is 0.560. The predicted molar refractivity (Wildman–Crippen MR) is 130 cm³/mol. The number of aromatic nitrogens is 4. The summed E-state index contributed by atoms with van der Waals surface area (Å²) < 4.78 is 7.46. The molecule has 2 aromatic heterocycles. The van der Waals surface area contributed by atoms with Crippen LogP contribution in [0.1, 0.15) is 56.0 Å². The van der Waals surface area contributed by atoms with Crippen LogP contribution in [-0.4, -0.2) is 64.8 Å². The molecule has 0 atom stereocenters. The zero-order valence-corrected chi connectivity index (χ0v) is 19.9. The van der Waals surface area contributed by atoms with Crippen molar-refractivity contribution in [2.75, 3.05) is 45.2 Å². The molecule has 1 N–H and O–H groups in total. The summed E-state index contributed by atoms with van der Waals surface area (Å²) in [6.07, 6.45) is 6.98. The number of rotatable bonds is 4. The summed E-state index contributed by atoms with van der Waals surface area (Å²) >= 11 is 0. The highest BCUT2D eigenvalue weighted by atomic mass is 16.5. The minimum Gasteiger partial charge on any atom is -0.496 e. The van der Waals surface area contributed by atoms with Gasteiger partial charge in [0.15, 0.2) is 11.3 Å². The topological polar surface area (TPSA) is 78.8 Å². The van der Waals surface area contributed by atoms with Crippen molar-refractivity contribution < 1.29 is 4.74 Å². The molecule has 5 rings (SSSR count). The average molecular weight is 451 g/mol. The highest BCUT2D eigenvalue weighted by Gasteiger charge is 2.25. The zero-order chi connectivity index (χ0) is 22.9. The largest absolute Gasteiger partial charge is 0.496 e. The van der Waals surface area contributed by atoms with Crippen LogP contribution < -0.4 is 15.2 Å². The molecule has 8 heteroatoms. The number of imidazole rings is 1. The van der Waals surface area contributed by atoms with Gasteiger partial charge < -0.3 is 19.5 Å². The third kappa shape index (κ3) is 4.24. The van der Waals surface area contributed by atoms with E-state index in [9.17, 15) is 4.79 Å². The molecule has 2 fully saturated rings. The Morgan fingerprint density at radius 3 is 2.67 bits per heavy atom. The van der Waals surface area contributed by atoms with E-state index in [2.05, 4.69) is 34.0 Å². The first-order valence-corrected chi connectivity index (χ1v) is 12.2. The molecule has 0 unspecified atom stereocenters. The first kappa shape index (κ1) is 21.9. The van der Waals surface area contributed by atoms with Crippen LogP contribution in [-0.2, 0) is 0 Å². The SMILES string of the molecule is COc1cc(N2CCCN(C)CC2)ccc1-c1nn2c(C)nc(C3CCCCC3)c2c(=O)[nH]1. The van der Waals surface area contributed by atoms with Gasteiger partial charge in [-0.25, -0.2) is 9.50 Å². The van der Waals surface area contributed by atoms with Crippen LogP contribution >= 0.6 is 0 Å². The average Bonchev–Trinajstić information content (AvgIpc) is 3.02. The fourth-order valence-electron chi connectivity index (χ4n) is 5.33. The summed E-state index contributed by atoms with van der Waals surface area (Å²) in [5.41, 5.74) is 3.27. The van der Waals surface area contributed by atoms with Crippen LogP contribution in [0.4, 0.5) is 5.69 Å². The van der Waals surface area contributed by atoms with Crippen molar-refractivity contribution in [3.63, 3.8) is 0 Å². The first-order chi connectivity index (χ1) is 16.0. The molecule has 0 bridgehead atoms. The molecule has 1 saturated carbocycles. The normalized spacial score (nSPS) is 18.6. The molecule has 1 aromatic carbocycles. The Morgan fingerprint density at radius 1 is 1.06 bits per heavy atom. The van der Waals surface area contributed by atoms with Crippen molar-refractivity contribution in [2.45, 2.75) is 51.4 Å². The summed E-state index contributed by atoms with van der Waals surface area (Å²) in [5, 5.41) is 4.80. The van der Waals surface area contributed by atoms with Crippen LogP contribution in [0.5, 0.6) is 5.75 Å². The van der Waals surface area contributed by atoms with E-state index in [0.29, 0.717) is 23.0 Å². The Kier molecular flexibility index (Phi) is 6.10. The van der Waals surface area contributed by atoms with Gasteiger partial charge in [0.25, 0.3) is 5.56 Å². The molecule has 8 nitrogen and oxygen atoms in total. The molecule has 1 aliphatic carbocycles. The van der Waals surface area contributed by atoms with Crippen molar-refractivity contribution in [3.05, 3.63) is 40.1 Å². The second-order valence-corrected chi connectivity index (χ2v) is 9.47. The van der Waals surface area contributed by atoms with E-state index in [-0.39, 0.29) is 5.56 Å². The standard InChI is InChI=1S/C25H34N6O2/c1-17-26-22(18-8-5-4-6-9-18)23-25(32)27-24(28-31(17)23)20-11-10-19(16-21(20)33-3)30-13-7-12-29(2)14-15-30/h10-11,16,18H,4-9,12-15H2,1-3H3,(H,27,28,32). The summed E-state index contributed by atoms with van der Waals surface area (Å²) in [6, 6.07) is 6.15. The number of nitrogens with one attached hydrogen (secondary N) is 1. The lowest BCUT2D eigenvalue weighted by atomic mass is 9.87. The molecule has 33 heavy (non-hydrogen) atoms. The monoisotopic (exact) mass is 450 g/mol.